The Labute approximate surface area is 319 Å². The number of nitrogens with zero attached hydrogens (tertiary/aromatic N) is 1. The molecular weight excluding hydrogens is 686 g/mol. The molecule has 0 N–H and O–H groups in total. The molecule has 290 valence electrons. The number of amides is 1. The van der Waals surface area contributed by atoms with Gasteiger partial charge in [0, 0.05) is 6.54 Å². The summed E-state index contributed by atoms with van der Waals surface area (Å²) in [6.07, 6.45) is 12.5. The van der Waals surface area contributed by atoms with E-state index in [-0.39, 0.29) is 17.8 Å². The average molecular weight is 742 g/mol. The van der Waals surface area contributed by atoms with Crippen molar-refractivity contribution in [3.63, 3.8) is 0 Å². The molecule has 0 radical (unpaired) electrons. The molecule has 4 bridgehead atoms. The molecule has 0 aromatic heterocycles. The molecule has 1 amide bonds. The van der Waals surface area contributed by atoms with Crippen molar-refractivity contribution in [1.82, 2.24) is 4.90 Å². The minimum Gasteiger partial charge on any atom is -0.493 e. The van der Waals surface area contributed by atoms with Crippen LogP contribution in [-0.2, 0) is 20.7 Å². The van der Waals surface area contributed by atoms with Gasteiger partial charge in [0.25, 0.3) is 0 Å². The van der Waals surface area contributed by atoms with Gasteiger partial charge in [0.15, 0.2) is 23.0 Å². The van der Waals surface area contributed by atoms with Gasteiger partial charge in [0.1, 0.15) is 24.5 Å². The topological polar surface area (TPSA) is 102 Å². The normalized spacial score (nSPS) is 22.1. The number of aryl methyl sites for hydroxylation is 1. The van der Waals surface area contributed by atoms with E-state index in [1.165, 1.54) is 0 Å². The van der Waals surface area contributed by atoms with Crippen molar-refractivity contribution < 1.29 is 42.7 Å². The number of ether oxygens (including phenoxy) is 7. The van der Waals surface area contributed by atoms with Crippen LogP contribution in [0, 0.1) is 5.92 Å². The zero-order valence-electron chi connectivity index (χ0n) is 32.2. The molecule has 1 saturated heterocycles. The number of cyclic esters (lactones) is 1. The molecule has 2 fully saturated rings. The minimum atomic E-state index is -0.702. The van der Waals surface area contributed by atoms with Crippen LogP contribution in [0.2, 0.25) is 0 Å². The van der Waals surface area contributed by atoms with E-state index in [9.17, 15) is 4.79 Å². The smallest absolute Gasteiger partial charge is 0.329 e. The summed E-state index contributed by atoms with van der Waals surface area (Å²) in [5.74, 6) is 2.72. The lowest BCUT2D eigenvalue weighted by molar-refractivity contribution is -0.163. The first-order chi connectivity index (χ1) is 26.4. The van der Waals surface area contributed by atoms with Gasteiger partial charge in [-0.3, -0.25) is 4.79 Å². The van der Waals surface area contributed by atoms with E-state index in [1.54, 1.807) is 33.3 Å². The minimum absolute atomic E-state index is 0.0451. The Kier molecular flexibility index (Phi) is 13.6. The van der Waals surface area contributed by atoms with E-state index in [0.717, 1.165) is 61.6 Å². The van der Waals surface area contributed by atoms with Crippen molar-refractivity contribution in [3.8, 4) is 34.5 Å². The molecule has 2 heterocycles. The Balaban J connectivity index is 1.37. The number of hydrogen-bond donors (Lipinski definition) is 0. The van der Waals surface area contributed by atoms with Crippen LogP contribution in [0.3, 0.4) is 0 Å². The summed E-state index contributed by atoms with van der Waals surface area (Å²) in [5.41, 5.74) is 2.68. The molecule has 3 aliphatic rings. The van der Waals surface area contributed by atoms with Gasteiger partial charge in [-0.25, -0.2) is 4.79 Å². The number of methoxy groups -OCH3 is 4. The van der Waals surface area contributed by atoms with Crippen LogP contribution in [0.5, 0.6) is 34.5 Å². The molecule has 54 heavy (non-hydrogen) atoms. The Morgan fingerprint density at radius 1 is 0.741 bits per heavy atom. The van der Waals surface area contributed by atoms with Crippen LogP contribution < -0.4 is 28.4 Å². The zero-order valence-corrected chi connectivity index (χ0v) is 32.2. The SMILES string of the molecule is COc1ccc(CC[C@H]2OC(=O)[C@@H]3CCCCN3C(=O)[C@@H](C3CCCCC3)c3cc(OC)c(OC)c(c3)OCC/C=C/COc3cccc2c3)cc1OC. The van der Waals surface area contributed by atoms with Crippen LogP contribution in [0.1, 0.15) is 92.9 Å². The highest BCUT2D eigenvalue weighted by molar-refractivity contribution is 5.89. The molecule has 0 spiro atoms. The highest BCUT2D eigenvalue weighted by atomic mass is 16.5. The van der Waals surface area contributed by atoms with Crippen LogP contribution in [0.15, 0.2) is 66.7 Å². The molecular formula is C44H55NO9. The van der Waals surface area contributed by atoms with Crippen molar-refractivity contribution in [2.45, 2.75) is 88.7 Å². The largest absolute Gasteiger partial charge is 0.493 e. The Morgan fingerprint density at radius 3 is 2.31 bits per heavy atom. The third kappa shape index (κ3) is 9.25. The first-order valence-corrected chi connectivity index (χ1v) is 19.4. The maximum absolute atomic E-state index is 15.1. The molecule has 1 saturated carbocycles. The standard InChI is InChI=1S/C44H55NO9/c1-48-37-22-20-30(26-38(37)49-2)19-21-36-32-16-13-17-34(27-32)52-24-11-6-12-25-53-40-29-33(28-39(50-3)42(40)51-4)41(31-14-7-5-8-15-31)43(46)45-23-10-9-18-35(45)44(47)54-36/h6,11,13,16-17,20,22,26-29,31,35-36,41H,5,7-10,12,14-15,18-19,21,23-25H2,1-4H3/b11-6+/t35-,36+,41-/m0/s1. The predicted octanol–water partition coefficient (Wildman–Crippen LogP) is 8.40. The monoisotopic (exact) mass is 741 g/mol. The number of benzene rings is 3. The summed E-state index contributed by atoms with van der Waals surface area (Å²) in [6, 6.07) is 16.7. The van der Waals surface area contributed by atoms with Crippen molar-refractivity contribution in [2.75, 3.05) is 48.2 Å². The Hall–Kier alpha value is -4.86. The van der Waals surface area contributed by atoms with Gasteiger partial charge >= 0.3 is 5.97 Å². The van der Waals surface area contributed by atoms with Crippen LogP contribution >= 0.6 is 0 Å². The van der Waals surface area contributed by atoms with Gasteiger partial charge in [-0.2, -0.15) is 0 Å². The van der Waals surface area contributed by atoms with Gasteiger partial charge in [-0.15, -0.1) is 0 Å². The second-order valence-corrected chi connectivity index (χ2v) is 14.3. The molecule has 10 nitrogen and oxygen atoms in total. The second-order valence-electron chi connectivity index (χ2n) is 14.3. The molecule has 3 aromatic carbocycles. The van der Waals surface area contributed by atoms with Crippen LogP contribution in [0.25, 0.3) is 0 Å². The van der Waals surface area contributed by atoms with E-state index >= 15 is 4.79 Å². The number of carbonyl (C=O) groups excluding carboxylic acids is 2. The number of carbonyl (C=O) groups is 2. The third-order valence-electron chi connectivity index (χ3n) is 11.0. The molecule has 2 aliphatic heterocycles. The molecule has 0 unspecified atom stereocenters. The summed E-state index contributed by atoms with van der Waals surface area (Å²) in [7, 11) is 6.43. The third-order valence-corrected chi connectivity index (χ3v) is 11.0. The van der Waals surface area contributed by atoms with E-state index in [0.29, 0.717) is 79.9 Å². The quantitative estimate of drug-likeness (QED) is 0.166. The summed E-state index contributed by atoms with van der Waals surface area (Å²) in [4.78, 5) is 31.3. The van der Waals surface area contributed by atoms with E-state index in [4.69, 9.17) is 33.2 Å². The van der Waals surface area contributed by atoms with Crippen LogP contribution in [-0.4, -0.2) is 71.0 Å². The Bertz CT molecular complexity index is 1750. The maximum atomic E-state index is 15.1. The fourth-order valence-electron chi connectivity index (χ4n) is 8.16. The number of hydrogen-bond acceptors (Lipinski definition) is 9. The highest BCUT2D eigenvalue weighted by Crippen LogP contribution is 2.45. The zero-order chi connectivity index (χ0) is 37.9. The van der Waals surface area contributed by atoms with Crippen LogP contribution in [0.4, 0.5) is 0 Å². The van der Waals surface area contributed by atoms with Crippen molar-refractivity contribution in [1.29, 1.82) is 0 Å². The Morgan fingerprint density at radius 2 is 1.54 bits per heavy atom. The van der Waals surface area contributed by atoms with Crippen molar-refractivity contribution in [2.24, 2.45) is 5.92 Å². The first kappa shape index (κ1) is 38.9. The van der Waals surface area contributed by atoms with Gasteiger partial charge in [-0.05, 0) is 110 Å². The van der Waals surface area contributed by atoms with E-state index < -0.39 is 18.1 Å². The highest BCUT2D eigenvalue weighted by Gasteiger charge is 2.41. The molecule has 1 aliphatic carbocycles. The summed E-state index contributed by atoms with van der Waals surface area (Å²) >= 11 is 0. The fourth-order valence-corrected chi connectivity index (χ4v) is 8.16. The van der Waals surface area contributed by atoms with E-state index in [1.807, 2.05) is 66.7 Å². The van der Waals surface area contributed by atoms with Crippen molar-refractivity contribution >= 4 is 11.9 Å². The van der Waals surface area contributed by atoms with Gasteiger partial charge < -0.3 is 38.1 Å². The molecule has 3 aromatic rings. The number of fused-ring (bicyclic) bond motifs is 5. The lowest BCUT2D eigenvalue weighted by atomic mass is 9.75. The number of piperidine rings is 1. The predicted molar refractivity (Wildman–Crippen MR) is 206 cm³/mol. The summed E-state index contributed by atoms with van der Waals surface area (Å²) in [6.45, 7) is 1.26. The molecule has 3 atom stereocenters. The molecule has 10 heteroatoms. The van der Waals surface area contributed by atoms with Gasteiger partial charge in [0.05, 0.1) is 41.0 Å². The van der Waals surface area contributed by atoms with Gasteiger partial charge in [-0.1, -0.05) is 49.6 Å². The van der Waals surface area contributed by atoms with Crippen molar-refractivity contribution in [3.05, 3.63) is 83.4 Å². The lowest BCUT2D eigenvalue weighted by Crippen LogP contribution is -2.51. The average Bonchev–Trinajstić information content (AvgIpc) is 3.21. The first-order valence-electron chi connectivity index (χ1n) is 19.4. The summed E-state index contributed by atoms with van der Waals surface area (Å²) in [5, 5.41) is 0. The number of esters is 1. The van der Waals surface area contributed by atoms with E-state index in [2.05, 4.69) is 0 Å². The van der Waals surface area contributed by atoms with Gasteiger partial charge in [0.2, 0.25) is 11.7 Å². The lowest BCUT2D eigenvalue weighted by Gasteiger charge is -2.40. The maximum Gasteiger partial charge on any atom is 0.329 e. The molecule has 6 rings (SSSR count). The second kappa shape index (κ2) is 18.9. The fraction of sp³-hybridized carbons (Fsp3) is 0.500. The number of rotatable bonds is 8. The summed E-state index contributed by atoms with van der Waals surface area (Å²) < 4.78 is 41.5.